The molecule has 1 aliphatic heterocycles. The van der Waals surface area contributed by atoms with E-state index in [0.717, 1.165) is 19.5 Å². The molecule has 0 spiro atoms. The molecule has 3 atom stereocenters. The van der Waals surface area contributed by atoms with Gasteiger partial charge in [-0.25, -0.2) is 0 Å². The summed E-state index contributed by atoms with van der Waals surface area (Å²) in [7, 11) is 2.04. The van der Waals surface area contributed by atoms with Gasteiger partial charge in [-0.05, 0) is 40.2 Å². The summed E-state index contributed by atoms with van der Waals surface area (Å²) in [6, 6.07) is 0.808. The zero-order chi connectivity index (χ0) is 13.7. The van der Waals surface area contributed by atoms with Crippen molar-refractivity contribution in [2.75, 3.05) is 20.1 Å². The molecular formula is C14H29N3O. The Bertz CT molecular complexity index is 268. The Kier molecular flexibility index (Phi) is 6.09. The fourth-order valence-electron chi connectivity index (χ4n) is 2.78. The fourth-order valence-corrected chi connectivity index (χ4v) is 2.78. The van der Waals surface area contributed by atoms with Crippen molar-refractivity contribution in [1.29, 1.82) is 0 Å². The van der Waals surface area contributed by atoms with E-state index < -0.39 is 0 Å². The van der Waals surface area contributed by atoms with Crippen molar-refractivity contribution in [3.63, 3.8) is 0 Å². The maximum atomic E-state index is 12.0. The van der Waals surface area contributed by atoms with Crippen LogP contribution < -0.4 is 10.6 Å². The SMILES string of the molecule is CCC1CN(C(C)C(=O)NC(C)C)CCC1NC. The minimum atomic E-state index is -0.0146. The van der Waals surface area contributed by atoms with Crippen LogP contribution in [0.5, 0.6) is 0 Å². The maximum Gasteiger partial charge on any atom is 0.237 e. The molecule has 3 unspecified atom stereocenters. The summed E-state index contributed by atoms with van der Waals surface area (Å²) in [4.78, 5) is 14.3. The Morgan fingerprint density at radius 3 is 2.56 bits per heavy atom. The molecule has 2 N–H and O–H groups in total. The smallest absolute Gasteiger partial charge is 0.237 e. The molecule has 0 aromatic carbocycles. The van der Waals surface area contributed by atoms with Gasteiger partial charge in [0.2, 0.25) is 5.91 Å². The molecule has 0 aromatic heterocycles. The number of hydrogen-bond donors (Lipinski definition) is 2. The van der Waals surface area contributed by atoms with Crippen LogP contribution in [-0.4, -0.2) is 49.1 Å². The molecule has 18 heavy (non-hydrogen) atoms. The molecule has 0 radical (unpaired) electrons. The Morgan fingerprint density at radius 1 is 1.39 bits per heavy atom. The Labute approximate surface area is 111 Å². The third-order valence-electron chi connectivity index (χ3n) is 4.02. The summed E-state index contributed by atoms with van der Waals surface area (Å²) < 4.78 is 0. The molecule has 1 amide bonds. The average Bonchev–Trinajstić information content (AvgIpc) is 2.36. The molecule has 1 aliphatic rings. The predicted molar refractivity (Wildman–Crippen MR) is 75.6 cm³/mol. The lowest BCUT2D eigenvalue weighted by molar-refractivity contribution is -0.127. The number of likely N-dealkylation sites (tertiary alicyclic amines) is 1. The third kappa shape index (κ3) is 3.95. The molecular weight excluding hydrogens is 226 g/mol. The van der Waals surface area contributed by atoms with E-state index in [1.165, 1.54) is 6.42 Å². The second-order valence-corrected chi connectivity index (χ2v) is 5.69. The fraction of sp³-hybridized carbons (Fsp3) is 0.929. The van der Waals surface area contributed by atoms with Crippen LogP contribution in [0.4, 0.5) is 0 Å². The van der Waals surface area contributed by atoms with Gasteiger partial charge in [-0.1, -0.05) is 13.3 Å². The highest BCUT2D eigenvalue weighted by Crippen LogP contribution is 2.21. The van der Waals surface area contributed by atoms with Gasteiger partial charge in [-0.2, -0.15) is 0 Å². The third-order valence-corrected chi connectivity index (χ3v) is 4.02. The summed E-state index contributed by atoms with van der Waals surface area (Å²) in [6.07, 6.45) is 2.30. The van der Waals surface area contributed by atoms with Crippen LogP contribution in [0.15, 0.2) is 0 Å². The first kappa shape index (κ1) is 15.4. The minimum Gasteiger partial charge on any atom is -0.353 e. The van der Waals surface area contributed by atoms with Crippen LogP contribution in [-0.2, 0) is 4.79 Å². The average molecular weight is 255 g/mol. The van der Waals surface area contributed by atoms with Crippen molar-refractivity contribution >= 4 is 5.91 Å². The lowest BCUT2D eigenvalue weighted by Gasteiger charge is -2.40. The van der Waals surface area contributed by atoms with E-state index in [-0.39, 0.29) is 18.0 Å². The van der Waals surface area contributed by atoms with Crippen LogP contribution in [0.3, 0.4) is 0 Å². The van der Waals surface area contributed by atoms with Gasteiger partial charge in [0.05, 0.1) is 6.04 Å². The van der Waals surface area contributed by atoms with Gasteiger partial charge in [0.1, 0.15) is 0 Å². The predicted octanol–water partition coefficient (Wildman–Crippen LogP) is 1.22. The van der Waals surface area contributed by atoms with Gasteiger partial charge in [0.15, 0.2) is 0 Å². The number of nitrogens with one attached hydrogen (secondary N) is 2. The molecule has 4 nitrogen and oxygen atoms in total. The Balaban J connectivity index is 2.54. The lowest BCUT2D eigenvalue weighted by atomic mass is 9.89. The second-order valence-electron chi connectivity index (χ2n) is 5.69. The largest absolute Gasteiger partial charge is 0.353 e. The standard InChI is InChI=1S/C14H29N3O/c1-6-12-9-17(8-7-13(12)15-5)11(4)14(18)16-10(2)3/h10-13,15H,6-9H2,1-5H3,(H,16,18). The zero-order valence-electron chi connectivity index (χ0n) is 12.5. The summed E-state index contributed by atoms with van der Waals surface area (Å²) >= 11 is 0. The number of carbonyl (C=O) groups is 1. The molecule has 1 saturated heterocycles. The number of hydrogen-bond acceptors (Lipinski definition) is 3. The Morgan fingerprint density at radius 2 is 2.06 bits per heavy atom. The minimum absolute atomic E-state index is 0.0146. The second kappa shape index (κ2) is 7.10. The van der Waals surface area contributed by atoms with Gasteiger partial charge < -0.3 is 10.6 Å². The molecule has 106 valence electrons. The van der Waals surface area contributed by atoms with Gasteiger partial charge in [0.25, 0.3) is 0 Å². The van der Waals surface area contributed by atoms with Crippen molar-refractivity contribution in [3.8, 4) is 0 Å². The van der Waals surface area contributed by atoms with Crippen molar-refractivity contribution in [3.05, 3.63) is 0 Å². The number of nitrogens with zero attached hydrogens (tertiary/aromatic N) is 1. The van der Waals surface area contributed by atoms with Gasteiger partial charge >= 0.3 is 0 Å². The molecule has 1 fully saturated rings. The van der Waals surface area contributed by atoms with E-state index in [1.807, 2.05) is 27.8 Å². The first-order chi connectivity index (χ1) is 8.49. The van der Waals surface area contributed by atoms with Crippen molar-refractivity contribution in [1.82, 2.24) is 15.5 Å². The molecule has 0 saturated carbocycles. The van der Waals surface area contributed by atoms with Gasteiger partial charge in [-0.3, -0.25) is 9.69 Å². The molecule has 0 bridgehead atoms. The molecule has 1 heterocycles. The highest BCUT2D eigenvalue weighted by molar-refractivity contribution is 5.81. The molecule has 1 rings (SSSR count). The van der Waals surface area contributed by atoms with Gasteiger partial charge in [0, 0.05) is 25.2 Å². The summed E-state index contributed by atoms with van der Waals surface area (Å²) in [6.45, 7) is 10.3. The van der Waals surface area contributed by atoms with Crippen LogP contribution in [0.25, 0.3) is 0 Å². The van der Waals surface area contributed by atoms with E-state index in [9.17, 15) is 4.79 Å². The Hall–Kier alpha value is -0.610. The highest BCUT2D eigenvalue weighted by Gasteiger charge is 2.31. The molecule has 0 aromatic rings. The van der Waals surface area contributed by atoms with E-state index >= 15 is 0 Å². The number of piperidine rings is 1. The molecule has 0 aliphatic carbocycles. The quantitative estimate of drug-likeness (QED) is 0.776. The van der Waals surface area contributed by atoms with Crippen LogP contribution in [0.2, 0.25) is 0 Å². The maximum absolute atomic E-state index is 12.0. The van der Waals surface area contributed by atoms with E-state index in [0.29, 0.717) is 12.0 Å². The van der Waals surface area contributed by atoms with E-state index in [2.05, 4.69) is 22.5 Å². The normalized spacial score (nSPS) is 27.2. The van der Waals surface area contributed by atoms with Crippen LogP contribution >= 0.6 is 0 Å². The van der Waals surface area contributed by atoms with Crippen molar-refractivity contribution in [2.24, 2.45) is 5.92 Å². The van der Waals surface area contributed by atoms with Crippen LogP contribution in [0.1, 0.15) is 40.5 Å². The number of carbonyl (C=O) groups excluding carboxylic acids is 1. The molecule has 4 heteroatoms. The van der Waals surface area contributed by atoms with Crippen molar-refractivity contribution in [2.45, 2.75) is 58.7 Å². The van der Waals surface area contributed by atoms with Gasteiger partial charge in [-0.15, -0.1) is 0 Å². The number of rotatable bonds is 5. The lowest BCUT2D eigenvalue weighted by Crippen LogP contribution is -2.55. The topological polar surface area (TPSA) is 44.4 Å². The first-order valence-corrected chi connectivity index (χ1v) is 7.21. The number of amides is 1. The monoisotopic (exact) mass is 255 g/mol. The summed E-state index contributed by atoms with van der Waals surface area (Å²) in [5.74, 6) is 0.806. The van der Waals surface area contributed by atoms with E-state index in [4.69, 9.17) is 0 Å². The first-order valence-electron chi connectivity index (χ1n) is 7.21. The van der Waals surface area contributed by atoms with E-state index in [1.54, 1.807) is 0 Å². The van der Waals surface area contributed by atoms with Crippen molar-refractivity contribution < 1.29 is 4.79 Å². The summed E-state index contributed by atoms with van der Waals surface area (Å²) in [5.41, 5.74) is 0. The van der Waals surface area contributed by atoms with Crippen LogP contribution in [0, 0.1) is 5.92 Å². The summed E-state index contributed by atoms with van der Waals surface area (Å²) in [5, 5.41) is 6.40. The highest BCUT2D eigenvalue weighted by atomic mass is 16.2. The zero-order valence-corrected chi connectivity index (χ0v) is 12.5.